The summed E-state index contributed by atoms with van der Waals surface area (Å²) >= 11 is 0. The normalized spacial score (nSPS) is 12.8. The number of hydrogen-bond acceptors (Lipinski definition) is 3. The molecule has 4 nitrogen and oxygen atoms in total. The molecule has 0 fully saturated rings. The number of amides is 1. The Morgan fingerprint density at radius 1 is 1.44 bits per heavy atom. The Bertz CT molecular complexity index is 410. The maximum atomic E-state index is 12.2. The van der Waals surface area contributed by atoms with Crippen LogP contribution in [-0.2, 0) is 0 Å². The quantitative estimate of drug-likeness (QED) is 0.875. The van der Waals surface area contributed by atoms with Crippen molar-refractivity contribution in [3.8, 4) is 0 Å². The van der Waals surface area contributed by atoms with Crippen LogP contribution in [0, 0.1) is 19.8 Å². The molecule has 1 amide bonds. The lowest BCUT2D eigenvalue weighted by Gasteiger charge is -2.21. The molecule has 0 aliphatic heterocycles. The van der Waals surface area contributed by atoms with Crippen LogP contribution in [0.3, 0.4) is 0 Å². The number of hydrogen-bond donors (Lipinski definition) is 1. The van der Waals surface area contributed by atoms with Gasteiger partial charge in [-0.3, -0.25) is 4.79 Å². The van der Waals surface area contributed by atoms with Crippen LogP contribution in [0.25, 0.3) is 0 Å². The topological polar surface area (TPSA) is 59.5 Å². The van der Waals surface area contributed by atoms with Gasteiger partial charge in [-0.15, -0.1) is 0 Å². The molecule has 18 heavy (non-hydrogen) atoms. The zero-order valence-electron chi connectivity index (χ0n) is 12.0. The number of carbonyl (C=O) groups excluding carboxylic acids is 1. The van der Waals surface area contributed by atoms with Crippen LogP contribution in [0.2, 0.25) is 0 Å². The van der Waals surface area contributed by atoms with Crippen molar-refractivity contribution in [3.05, 3.63) is 23.2 Å². The lowest BCUT2D eigenvalue weighted by Crippen LogP contribution is -2.34. The van der Waals surface area contributed by atoms with Crippen LogP contribution >= 0.6 is 0 Å². The van der Waals surface area contributed by atoms with Gasteiger partial charge in [-0.25, -0.2) is 0 Å². The van der Waals surface area contributed by atoms with E-state index in [2.05, 4.69) is 13.8 Å². The van der Waals surface area contributed by atoms with Crippen LogP contribution in [0.15, 0.2) is 10.5 Å². The van der Waals surface area contributed by atoms with E-state index in [1.165, 1.54) is 0 Å². The largest absolute Gasteiger partial charge is 0.466 e. The van der Waals surface area contributed by atoms with Gasteiger partial charge in [0.25, 0.3) is 5.91 Å². The lowest BCUT2D eigenvalue weighted by molar-refractivity contribution is 0.0787. The highest BCUT2D eigenvalue weighted by Crippen LogP contribution is 2.16. The van der Waals surface area contributed by atoms with Gasteiger partial charge in [-0.2, -0.15) is 0 Å². The fourth-order valence-corrected chi connectivity index (χ4v) is 1.83. The van der Waals surface area contributed by atoms with Crippen molar-refractivity contribution >= 4 is 5.91 Å². The van der Waals surface area contributed by atoms with Crippen LogP contribution in [0.4, 0.5) is 0 Å². The molecule has 0 bridgehead atoms. The molecule has 0 saturated heterocycles. The zero-order valence-corrected chi connectivity index (χ0v) is 12.0. The fraction of sp³-hybridized carbons (Fsp3) is 0.643. The Hall–Kier alpha value is -1.29. The highest BCUT2D eigenvalue weighted by Gasteiger charge is 2.18. The van der Waals surface area contributed by atoms with E-state index in [4.69, 9.17) is 10.2 Å². The second kappa shape index (κ2) is 6.05. The molecule has 2 N–H and O–H groups in total. The predicted molar refractivity (Wildman–Crippen MR) is 72.6 cm³/mol. The molecule has 0 spiro atoms. The van der Waals surface area contributed by atoms with Gasteiger partial charge in [0.15, 0.2) is 0 Å². The molecule has 102 valence electrons. The van der Waals surface area contributed by atoms with E-state index in [1.54, 1.807) is 18.0 Å². The molecule has 0 radical (unpaired) electrons. The summed E-state index contributed by atoms with van der Waals surface area (Å²) in [5.74, 6) is 1.88. The summed E-state index contributed by atoms with van der Waals surface area (Å²) < 4.78 is 5.38. The van der Waals surface area contributed by atoms with Gasteiger partial charge in [0.1, 0.15) is 11.5 Å². The van der Waals surface area contributed by atoms with E-state index in [0.717, 1.165) is 12.2 Å². The molecule has 0 aliphatic carbocycles. The van der Waals surface area contributed by atoms with Gasteiger partial charge in [0.05, 0.1) is 5.56 Å². The van der Waals surface area contributed by atoms with Crippen molar-refractivity contribution in [2.45, 2.75) is 40.2 Å². The molecule has 1 aromatic rings. The first-order chi connectivity index (χ1) is 8.32. The molecular weight excluding hydrogens is 228 g/mol. The standard InChI is InChI=1S/C14H24N2O2/c1-9(2)13(15)6-7-16(5)14(17)12-8-10(3)18-11(12)4/h8-9,13H,6-7,15H2,1-5H3. The Kier molecular flexibility index (Phi) is 4.96. The van der Waals surface area contributed by atoms with Crippen LogP contribution < -0.4 is 5.73 Å². The predicted octanol–water partition coefficient (Wildman–Crippen LogP) is 2.34. The minimum atomic E-state index is 0.000283. The van der Waals surface area contributed by atoms with Crippen LogP contribution in [0.5, 0.6) is 0 Å². The van der Waals surface area contributed by atoms with E-state index in [0.29, 0.717) is 23.8 Å². The highest BCUT2D eigenvalue weighted by atomic mass is 16.3. The summed E-state index contributed by atoms with van der Waals surface area (Å²) in [7, 11) is 1.80. The number of furan rings is 1. The van der Waals surface area contributed by atoms with E-state index >= 15 is 0 Å². The number of carbonyl (C=O) groups is 1. The molecule has 0 saturated carbocycles. The molecule has 1 unspecified atom stereocenters. The molecule has 1 rings (SSSR count). The number of aryl methyl sites for hydroxylation is 2. The van der Waals surface area contributed by atoms with Crippen molar-refractivity contribution in [2.24, 2.45) is 11.7 Å². The lowest BCUT2D eigenvalue weighted by atomic mass is 10.0. The minimum Gasteiger partial charge on any atom is -0.466 e. The first-order valence-corrected chi connectivity index (χ1v) is 6.41. The average Bonchev–Trinajstić information content (AvgIpc) is 2.63. The van der Waals surface area contributed by atoms with E-state index in [9.17, 15) is 4.79 Å². The molecule has 1 heterocycles. The summed E-state index contributed by atoms with van der Waals surface area (Å²) in [6, 6.07) is 1.92. The summed E-state index contributed by atoms with van der Waals surface area (Å²) in [5.41, 5.74) is 6.63. The first kappa shape index (κ1) is 14.8. The summed E-state index contributed by atoms with van der Waals surface area (Å²) in [6.07, 6.45) is 0.815. The Morgan fingerprint density at radius 2 is 2.06 bits per heavy atom. The third-order valence-corrected chi connectivity index (χ3v) is 3.27. The van der Waals surface area contributed by atoms with Crippen molar-refractivity contribution < 1.29 is 9.21 Å². The number of nitrogens with two attached hydrogens (primary N) is 1. The van der Waals surface area contributed by atoms with Crippen LogP contribution in [0.1, 0.15) is 42.1 Å². The van der Waals surface area contributed by atoms with Gasteiger partial charge < -0.3 is 15.1 Å². The second-order valence-corrected chi connectivity index (χ2v) is 5.25. The third-order valence-electron chi connectivity index (χ3n) is 3.27. The van der Waals surface area contributed by atoms with E-state index in [-0.39, 0.29) is 11.9 Å². The Morgan fingerprint density at radius 3 is 2.50 bits per heavy atom. The van der Waals surface area contributed by atoms with Crippen molar-refractivity contribution in [3.63, 3.8) is 0 Å². The average molecular weight is 252 g/mol. The van der Waals surface area contributed by atoms with Gasteiger partial charge >= 0.3 is 0 Å². The van der Waals surface area contributed by atoms with Gasteiger partial charge in [-0.05, 0) is 32.3 Å². The van der Waals surface area contributed by atoms with Crippen molar-refractivity contribution in [1.82, 2.24) is 4.90 Å². The summed E-state index contributed by atoms with van der Waals surface area (Å²) in [4.78, 5) is 13.9. The van der Waals surface area contributed by atoms with Crippen molar-refractivity contribution in [2.75, 3.05) is 13.6 Å². The maximum absolute atomic E-state index is 12.2. The Balaban J connectivity index is 2.59. The molecule has 1 atom stereocenters. The Labute approximate surface area is 109 Å². The number of nitrogens with zero attached hydrogens (tertiary/aromatic N) is 1. The zero-order chi connectivity index (χ0) is 13.9. The second-order valence-electron chi connectivity index (χ2n) is 5.25. The summed E-state index contributed by atoms with van der Waals surface area (Å²) in [6.45, 7) is 8.51. The number of rotatable bonds is 5. The maximum Gasteiger partial charge on any atom is 0.257 e. The molecule has 0 aromatic carbocycles. The first-order valence-electron chi connectivity index (χ1n) is 6.41. The molecule has 0 aliphatic rings. The molecule has 4 heteroatoms. The van der Waals surface area contributed by atoms with Gasteiger partial charge in [-0.1, -0.05) is 13.8 Å². The van der Waals surface area contributed by atoms with E-state index < -0.39 is 0 Å². The summed E-state index contributed by atoms with van der Waals surface area (Å²) in [5, 5.41) is 0. The van der Waals surface area contributed by atoms with Crippen LogP contribution in [-0.4, -0.2) is 30.4 Å². The van der Waals surface area contributed by atoms with Gasteiger partial charge in [0.2, 0.25) is 0 Å². The SMILES string of the molecule is Cc1cc(C(=O)N(C)CCC(N)C(C)C)c(C)o1. The minimum absolute atomic E-state index is 0.000283. The molecule has 1 aromatic heterocycles. The third kappa shape index (κ3) is 3.60. The van der Waals surface area contributed by atoms with Crippen molar-refractivity contribution in [1.29, 1.82) is 0 Å². The van der Waals surface area contributed by atoms with Gasteiger partial charge in [0, 0.05) is 19.6 Å². The smallest absolute Gasteiger partial charge is 0.257 e. The van der Waals surface area contributed by atoms with E-state index in [1.807, 2.05) is 13.8 Å². The fourth-order valence-electron chi connectivity index (χ4n) is 1.83. The highest BCUT2D eigenvalue weighted by molar-refractivity contribution is 5.95. The monoisotopic (exact) mass is 252 g/mol. The molecular formula is C14H24N2O2.